The van der Waals surface area contributed by atoms with Gasteiger partial charge in [-0.15, -0.1) is 0 Å². The first-order chi connectivity index (χ1) is 12.9. The predicted octanol–water partition coefficient (Wildman–Crippen LogP) is 2.86. The van der Waals surface area contributed by atoms with Gasteiger partial charge in [-0.2, -0.15) is 4.98 Å². The number of hydrogen-bond donors (Lipinski definition) is 1. The second kappa shape index (κ2) is 8.47. The first kappa shape index (κ1) is 19.3. The van der Waals surface area contributed by atoms with E-state index in [-0.39, 0.29) is 12.1 Å². The van der Waals surface area contributed by atoms with Crippen LogP contribution in [0.4, 0.5) is 20.5 Å². The zero-order chi connectivity index (χ0) is 19.4. The molecule has 146 valence electrons. The predicted molar refractivity (Wildman–Crippen MR) is 102 cm³/mol. The van der Waals surface area contributed by atoms with Crippen molar-refractivity contribution in [1.29, 1.82) is 0 Å². The van der Waals surface area contributed by atoms with Gasteiger partial charge in [0.15, 0.2) is 0 Å². The highest BCUT2D eigenvalue weighted by Crippen LogP contribution is 2.24. The van der Waals surface area contributed by atoms with E-state index in [1.165, 1.54) is 4.90 Å². The van der Waals surface area contributed by atoms with Crippen molar-refractivity contribution in [3.05, 3.63) is 42.1 Å². The summed E-state index contributed by atoms with van der Waals surface area (Å²) in [4.78, 5) is 11.9. The van der Waals surface area contributed by atoms with Gasteiger partial charge in [0.25, 0.3) is 6.43 Å². The summed E-state index contributed by atoms with van der Waals surface area (Å²) >= 11 is 0. The Labute approximate surface area is 158 Å². The standard InChI is InChI=1S/C19H25F2N5O/c1-13(22)14-3-5-15(6-4-14)27-16-8-10-26(11-16)18-7-9-23-19(24-18)25(2)12-17(20)21/h3-7,9,13,16-17H,8,10-12,22H2,1-2H3/t13-,16+/m0/s1. The summed E-state index contributed by atoms with van der Waals surface area (Å²) < 4.78 is 31.2. The Morgan fingerprint density at radius 3 is 2.70 bits per heavy atom. The van der Waals surface area contributed by atoms with Crippen molar-refractivity contribution in [2.75, 3.05) is 36.5 Å². The van der Waals surface area contributed by atoms with Crippen LogP contribution in [-0.2, 0) is 0 Å². The maximum atomic E-state index is 12.6. The van der Waals surface area contributed by atoms with Crippen molar-refractivity contribution in [3.63, 3.8) is 0 Å². The van der Waals surface area contributed by atoms with Gasteiger partial charge >= 0.3 is 0 Å². The Balaban J connectivity index is 1.60. The van der Waals surface area contributed by atoms with Gasteiger partial charge in [0.2, 0.25) is 5.95 Å². The number of alkyl halides is 2. The quantitative estimate of drug-likeness (QED) is 0.800. The Hall–Kier alpha value is -2.48. The number of ether oxygens (including phenoxy) is 1. The molecular weight excluding hydrogens is 352 g/mol. The smallest absolute Gasteiger partial charge is 0.255 e. The Bertz CT molecular complexity index is 741. The molecule has 8 heteroatoms. The molecule has 1 aromatic heterocycles. The molecule has 0 unspecified atom stereocenters. The number of nitrogens with zero attached hydrogens (tertiary/aromatic N) is 4. The van der Waals surface area contributed by atoms with Gasteiger partial charge in [-0.05, 0) is 30.7 Å². The van der Waals surface area contributed by atoms with Crippen molar-refractivity contribution in [1.82, 2.24) is 9.97 Å². The minimum atomic E-state index is -2.43. The summed E-state index contributed by atoms with van der Waals surface area (Å²) in [7, 11) is 1.56. The molecule has 1 aromatic carbocycles. The van der Waals surface area contributed by atoms with Crippen LogP contribution in [0.2, 0.25) is 0 Å². The lowest BCUT2D eigenvalue weighted by Crippen LogP contribution is -2.28. The Morgan fingerprint density at radius 1 is 1.30 bits per heavy atom. The molecule has 0 saturated carbocycles. The molecule has 0 radical (unpaired) electrons. The number of benzene rings is 1. The molecule has 2 aromatic rings. The number of aromatic nitrogens is 2. The van der Waals surface area contributed by atoms with Crippen LogP contribution in [-0.4, -0.2) is 49.2 Å². The average molecular weight is 377 g/mol. The van der Waals surface area contributed by atoms with Gasteiger partial charge in [-0.3, -0.25) is 0 Å². The first-order valence-electron chi connectivity index (χ1n) is 9.02. The first-order valence-corrected chi connectivity index (χ1v) is 9.02. The van der Waals surface area contributed by atoms with Crippen molar-refractivity contribution >= 4 is 11.8 Å². The zero-order valence-corrected chi connectivity index (χ0v) is 15.6. The molecule has 2 atom stereocenters. The monoisotopic (exact) mass is 377 g/mol. The van der Waals surface area contributed by atoms with Crippen molar-refractivity contribution in [2.24, 2.45) is 5.73 Å². The fraction of sp³-hybridized carbons (Fsp3) is 0.474. The molecule has 6 nitrogen and oxygen atoms in total. The topological polar surface area (TPSA) is 67.5 Å². The van der Waals surface area contributed by atoms with Crippen LogP contribution in [0.5, 0.6) is 5.75 Å². The molecule has 2 heterocycles. The van der Waals surface area contributed by atoms with Gasteiger partial charge in [0, 0.05) is 32.3 Å². The summed E-state index contributed by atoms with van der Waals surface area (Å²) in [6.07, 6.45) is 0.0748. The van der Waals surface area contributed by atoms with E-state index in [1.54, 1.807) is 19.3 Å². The molecule has 2 N–H and O–H groups in total. The van der Waals surface area contributed by atoms with Crippen LogP contribution in [0.25, 0.3) is 0 Å². The van der Waals surface area contributed by atoms with E-state index in [1.807, 2.05) is 31.2 Å². The van der Waals surface area contributed by atoms with Gasteiger partial charge in [-0.1, -0.05) is 12.1 Å². The molecule has 1 saturated heterocycles. The third kappa shape index (κ3) is 5.03. The minimum Gasteiger partial charge on any atom is -0.489 e. The summed E-state index contributed by atoms with van der Waals surface area (Å²) in [5.74, 6) is 1.83. The van der Waals surface area contributed by atoms with E-state index < -0.39 is 13.0 Å². The lowest BCUT2D eigenvalue weighted by atomic mass is 10.1. The second-order valence-electron chi connectivity index (χ2n) is 6.82. The van der Waals surface area contributed by atoms with E-state index >= 15 is 0 Å². The van der Waals surface area contributed by atoms with Gasteiger partial charge in [0.1, 0.15) is 17.7 Å². The number of nitrogens with two attached hydrogens (primary N) is 1. The summed E-state index contributed by atoms with van der Waals surface area (Å²) in [5, 5.41) is 0. The molecule has 1 aliphatic rings. The highest BCUT2D eigenvalue weighted by atomic mass is 19.3. The van der Waals surface area contributed by atoms with Crippen LogP contribution in [0.15, 0.2) is 36.5 Å². The van der Waals surface area contributed by atoms with E-state index in [0.29, 0.717) is 12.5 Å². The lowest BCUT2D eigenvalue weighted by Gasteiger charge is -2.21. The van der Waals surface area contributed by atoms with Crippen LogP contribution >= 0.6 is 0 Å². The number of halogens is 2. The molecular formula is C19H25F2N5O. The van der Waals surface area contributed by atoms with Gasteiger partial charge in [-0.25, -0.2) is 13.8 Å². The summed E-state index contributed by atoms with van der Waals surface area (Å²) in [6.45, 7) is 3.02. The van der Waals surface area contributed by atoms with Crippen LogP contribution in [0.1, 0.15) is 24.9 Å². The summed E-state index contributed by atoms with van der Waals surface area (Å²) in [5.41, 5.74) is 6.93. The third-order valence-electron chi connectivity index (χ3n) is 4.56. The SMILES string of the molecule is C[C@H](N)c1ccc(O[C@@H]2CCN(c3ccnc(N(C)CC(F)F)n3)C2)cc1. The van der Waals surface area contributed by atoms with Crippen LogP contribution in [0.3, 0.4) is 0 Å². The van der Waals surface area contributed by atoms with Crippen LogP contribution < -0.4 is 20.3 Å². The molecule has 0 bridgehead atoms. The number of rotatable bonds is 7. The van der Waals surface area contributed by atoms with Crippen LogP contribution in [0, 0.1) is 0 Å². The third-order valence-corrected chi connectivity index (χ3v) is 4.56. The fourth-order valence-electron chi connectivity index (χ4n) is 3.06. The molecule has 1 aliphatic heterocycles. The maximum absolute atomic E-state index is 12.6. The normalized spacial score (nSPS) is 18.0. The van der Waals surface area contributed by atoms with E-state index in [2.05, 4.69) is 14.9 Å². The van der Waals surface area contributed by atoms with Crippen molar-refractivity contribution in [3.8, 4) is 5.75 Å². The second-order valence-corrected chi connectivity index (χ2v) is 6.82. The van der Waals surface area contributed by atoms with Gasteiger partial charge < -0.3 is 20.3 Å². The van der Waals surface area contributed by atoms with Crippen molar-refractivity contribution < 1.29 is 13.5 Å². The number of hydrogen-bond acceptors (Lipinski definition) is 6. The maximum Gasteiger partial charge on any atom is 0.255 e. The highest BCUT2D eigenvalue weighted by molar-refractivity contribution is 5.44. The summed E-state index contributed by atoms with van der Waals surface area (Å²) in [6, 6.07) is 9.60. The fourth-order valence-corrected chi connectivity index (χ4v) is 3.06. The minimum absolute atomic E-state index is 0.00353. The highest BCUT2D eigenvalue weighted by Gasteiger charge is 2.25. The largest absolute Gasteiger partial charge is 0.489 e. The lowest BCUT2D eigenvalue weighted by molar-refractivity contribution is 0.156. The Kier molecular flexibility index (Phi) is 6.05. The molecule has 27 heavy (non-hydrogen) atoms. The Morgan fingerprint density at radius 2 is 2.04 bits per heavy atom. The van der Waals surface area contributed by atoms with E-state index in [0.717, 1.165) is 30.1 Å². The molecule has 0 spiro atoms. The average Bonchev–Trinajstić information content (AvgIpc) is 3.10. The number of anilines is 2. The molecule has 1 fully saturated rings. The van der Waals surface area contributed by atoms with Gasteiger partial charge in [0.05, 0.1) is 13.1 Å². The van der Waals surface area contributed by atoms with E-state index in [4.69, 9.17) is 10.5 Å². The van der Waals surface area contributed by atoms with Crippen molar-refractivity contribution in [2.45, 2.75) is 31.9 Å². The molecule has 0 amide bonds. The zero-order valence-electron chi connectivity index (χ0n) is 15.6. The molecule has 3 rings (SSSR count). The van der Waals surface area contributed by atoms with E-state index in [9.17, 15) is 8.78 Å². The molecule has 0 aliphatic carbocycles.